The number of anilines is 2. The van der Waals surface area contributed by atoms with Crippen LogP contribution in [0.25, 0.3) is 0 Å². The van der Waals surface area contributed by atoms with Gasteiger partial charge in [-0.05, 0) is 88.4 Å². The number of benzene rings is 4. The smallest absolute Gasteiger partial charge is 0.239 e. The Bertz CT molecular complexity index is 2710. The van der Waals surface area contributed by atoms with Crippen molar-refractivity contribution < 1.29 is 28.3 Å². The molecule has 4 aromatic rings. The van der Waals surface area contributed by atoms with E-state index in [0.717, 1.165) is 24.2 Å². The van der Waals surface area contributed by atoms with Gasteiger partial charge in [-0.15, -0.1) is 0 Å². The Labute approximate surface area is 436 Å². The van der Waals surface area contributed by atoms with E-state index in [1.807, 2.05) is 36.4 Å². The van der Waals surface area contributed by atoms with Gasteiger partial charge in [0.1, 0.15) is 16.6 Å². The highest BCUT2D eigenvalue weighted by molar-refractivity contribution is 6.32. The van der Waals surface area contributed by atoms with E-state index in [4.69, 9.17) is 51.1 Å². The number of halogens is 5. The largest absolute Gasteiger partial charge is 0.379 e. The van der Waals surface area contributed by atoms with Gasteiger partial charge < -0.3 is 36.2 Å². The van der Waals surface area contributed by atoms with E-state index in [0.29, 0.717) is 71.2 Å². The maximum Gasteiger partial charge on any atom is 0.239 e. The second-order valence-electron chi connectivity index (χ2n) is 22.1. The summed E-state index contributed by atoms with van der Waals surface area (Å²) >= 11 is 25.2. The molecule has 0 aromatic heterocycles. The van der Waals surface area contributed by atoms with Gasteiger partial charge >= 0.3 is 0 Å². The number of likely N-dealkylation sites (N-methyl/N-ethyl adjacent to an activating group) is 1. The molecule has 71 heavy (non-hydrogen) atoms. The molecule has 17 heteroatoms. The molecule has 0 aliphatic carbocycles. The molecule has 5 heterocycles. The first-order chi connectivity index (χ1) is 33.5. The Kier molecular flexibility index (Phi) is 15.3. The van der Waals surface area contributed by atoms with Crippen LogP contribution in [0.1, 0.15) is 88.5 Å². The van der Waals surface area contributed by atoms with Crippen molar-refractivity contribution in [3.63, 3.8) is 0 Å². The zero-order valence-corrected chi connectivity index (χ0v) is 44.5. The quantitative estimate of drug-likeness (QED) is 0.112. The van der Waals surface area contributed by atoms with Crippen molar-refractivity contribution in [3.05, 3.63) is 127 Å². The van der Waals surface area contributed by atoms with Gasteiger partial charge in [0.2, 0.25) is 23.6 Å². The number of carbonyl (C=O) groups is 4. The van der Waals surface area contributed by atoms with Crippen LogP contribution in [0.15, 0.2) is 78.9 Å². The standard InChI is InChI=1S/C29H35Cl2FN4O3.C25H29Cl2N3O2/c1-28(2,3)16-22-29(19-8-7-17(30)15-21(19)34-27(29)38)23(18-5-4-6-20(31)24(18)32)25(35-22)26(37)33-9-10-36-11-13-39-14-12-36;1-24(2,3)13-19-25(17-10-9-16(27)12-18(17)28-23(25)32)20(14-7-6-8-15(26)11-14)21(29-19)22(31)30(4)5/h4-8,15,22-23,25,35H,9-14,16H2,1-3H3,(H,33,37)(H,34,38);6-12,19-21,29H,13H2,1-5H3,(H,28,32)/t22-,23+,25-,29+;19-,20+,21-,25+/m11/s1. The van der Waals surface area contributed by atoms with Crippen molar-refractivity contribution >= 4 is 81.4 Å². The number of hydrogen-bond acceptors (Lipinski definition) is 8. The normalized spacial score (nSPS) is 26.9. The topological polar surface area (TPSA) is 144 Å². The van der Waals surface area contributed by atoms with Crippen LogP contribution < -0.4 is 26.6 Å². The molecule has 5 aliphatic rings. The molecule has 4 aromatic carbocycles. The minimum Gasteiger partial charge on any atom is -0.379 e. The van der Waals surface area contributed by atoms with Crippen molar-refractivity contribution in [3.8, 4) is 0 Å². The van der Waals surface area contributed by atoms with Crippen LogP contribution in [0.3, 0.4) is 0 Å². The fourth-order valence-corrected chi connectivity index (χ4v) is 12.5. The summed E-state index contributed by atoms with van der Waals surface area (Å²) in [7, 11) is 3.48. The second kappa shape index (κ2) is 20.5. The first kappa shape index (κ1) is 53.0. The highest BCUT2D eigenvalue weighted by Crippen LogP contribution is 2.59. The molecule has 0 saturated carbocycles. The number of fused-ring (bicyclic) bond motifs is 4. The number of rotatable bonds is 9. The summed E-state index contributed by atoms with van der Waals surface area (Å²) in [6, 6.07) is 20.9. The van der Waals surface area contributed by atoms with E-state index < -0.39 is 46.6 Å². The van der Waals surface area contributed by atoms with Crippen LogP contribution >= 0.6 is 46.4 Å². The highest BCUT2D eigenvalue weighted by atomic mass is 35.5. The number of amides is 4. The number of carbonyl (C=O) groups excluding carboxylic acids is 4. The summed E-state index contributed by atoms with van der Waals surface area (Å²) in [4.78, 5) is 59.1. The Morgan fingerprint density at radius 2 is 1.25 bits per heavy atom. The summed E-state index contributed by atoms with van der Waals surface area (Å²) in [6.07, 6.45) is 1.27. The van der Waals surface area contributed by atoms with Crippen molar-refractivity contribution in [1.82, 2.24) is 25.8 Å². The number of morpholine rings is 1. The molecule has 8 atom stereocenters. The van der Waals surface area contributed by atoms with Crippen molar-refractivity contribution in [2.75, 3.05) is 64.1 Å². The van der Waals surface area contributed by atoms with Gasteiger partial charge in [0.05, 0.1) is 30.3 Å². The summed E-state index contributed by atoms with van der Waals surface area (Å²) in [5.41, 5.74) is 1.44. The monoisotopic (exact) mass is 1050 g/mol. The minimum atomic E-state index is -1.26. The Morgan fingerprint density at radius 1 is 0.732 bits per heavy atom. The van der Waals surface area contributed by atoms with Gasteiger partial charge in [-0.2, -0.15) is 0 Å². The number of nitrogens with one attached hydrogen (secondary N) is 5. The lowest BCUT2D eigenvalue weighted by atomic mass is 9.62. The van der Waals surface area contributed by atoms with Gasteiger partial charge in [-0.25, -0.2) is 4.39 Å². The molecule has 0 unspecified atom stereocenters. The summed E-state index contributed by atoms with van der Waals surface area (Å²) < 4.78 is 21.2. The molecule has 0 radical (unpaired) electrons. The lowest BCUT2D eigenvalue weighted by molar-refractivity contribution is -0.131. The molecule has 3 fully saturated rings. The fourth-order valence-electron chi connectivity index (χ4n) is 11.8. The van der Waals surface area contributed by atoms with E-state index in [1.165, 1.54) is 6.07 Å². The molecule has 12 nitrogen and oxygen atoms in total. The molecule has 5 aliphatic heterocycles. The van der Waals surface area contributed by atoms with Crippen LogP contribution in [0.5, 0.6) is 0 Å². The fraction of sp³-hybridized carbons (Fsp3) is 0.481. The lowest BCUT2D eigenvalue weighted by Crippen LogP contribution is -2.49. The van der Waals surface area contributed by atoms with Gasteiger partial charge in [0.25, 0.3) is 0 Å². The average Bonchev–Trinajstić information content (AvgIpc) is 3.98. The summed E-state index contributed by atoms with van der Waals surface area (Å²) in [5, 5.41) is 17.8. The van der Waals surface area contributed by atoms with E-state index in [1.54, 1.807) is 55.4 Å². The molecule has 2 spiro atoms. The van der Waals surface area contributed by atoms with Crippen molar-refractivity contribution in [1.29, 1.82) is 0 Å². The maximum absolute atomic E-state index is 15.8. The minimum absolute atomic E-state index is 0.0527. The third-order valence-corrected chi connectivity index (χ3v) is 15.6. The molecule has 3 saturated heterocycles. The van der Waals surface area contributed by atoms with Crippen LogP contribution in [0.2, 0.25) is 20.1 Å². The predicted molar refractivity (Wildman–Crippen MR) is 280 cm³/mol. The molecule has 9 rings (SSSR count). The molecule has 0 bridgehead atoms. The Balaban J connectivity index is 0.000000194. The molecular formula is C54H64Cl4FN7O5. The first-order valence-corrected chi connectivity index (χ1v) is 25.7. The van der Waals surface area contributed by atoms with Gasteiger partial charge in [-0.3, -0.25) is 24.1 Å². The second-order valence-corrected chi connectivity index (χ2v) is 23.8. The van der Waals surface area contributed by atoms with Crippen molar-refractivity contribution in [2.45, 2.75) is 101 Å². The summed E-state index contributed by atoms with van der Waals surface area (Å²) in [5.74, 6) is -2.66. The molecule has 5 N–H and O–H groups in total. The number of nitrogens with zero attached hydrogens (tertiary/aromatic N) is 2. The maximum atomic E-state index is 15.8. The van der Waals surface area contributed by atoms with Crippen LogP contribution in [-0.2, 0) is 34.7 Å². The van der Waals surface area contributed by atoms with Gasteiger partial charge in [0.15, 0.2) is 0 Å². The SMILES string of the molecule is CC(C)(C)C[C@H]1N[C@@H](C(=O)NCCN2CCOCC2)[C@H](c2cccc(Cl)c2F)[C@@]12C(=O)Nc1cc(Cl)ccc12.CN(C)C(=O)[C@@H]1N[C@H](CC(C)(C)C)[C@]2(C(=O)Nc3cc(Cl)ccc32)[C@H]1c1cccc(Cl)c1. The van der Waals surface area contributed by atoms with Crippen LogP contribution in [-0.4, -0.2) is 111 Å². The van der Waals surface area contributed by atoms with E-state index >= 15 is 4.39 Å². The summed E-state index contributed by atoms with van der Waals surface area (Å²) in [6.45, 7) is 16.8. The van der Waals surface area contributed by atoms with E-state index in [-0.39, 0.29) is 51.1 Å². The third-order valence-electron chi connectivity index (χ3n) is 14.6. The van der Waals surface area contributed by atoms with Crippen LogP contribution in [0.4, 0.5) is 15.8 Å². The highest BCUT2D eigenvalue weighted by Gasteiger charge is 2.67. The van der Waals surface area contributed by atoms with E-state index in [9.17, 15) is 19.2 Å². The molecule has 380 valence electrons. The zero-order valence-electron chi connectivity index (χ0n) is 41.5. The predicted octanol–water partition coefficient (Wildman–Crippen LogP) is 9.16. The van der Waals surface area contributed by atoms with E-state index in [2.05, 4.69) is 73.0 Å². The lowest BCUT2D eigenvalue weighted by Gasteiger charge is -2.37. The average molecular weight is 1050 g/mol. The molecular weight excluding hydrogens is 987 g/mol. The zero-order chi connectivity index (χ0) is 51.4. The van der Waals surface area contributed by atoms with Gasteiger partial charge in [-0.1, -0.05) is 124 Å². The van der Waals surface area contributed by atoms with Crippen LogP contribution in [0, 0.1) is 16.6 Å². The first-order valence-electron chi connectivity index (χ1n) is 24.2. The number of ether oxygens (including phenoxy) is 1. The Morgan fingerprint density at radius 3 is 1.79 bits per heavy atom. The third kappa shape index (κ3) is 10.2. The van der Waals surface area contributed by atoms with Gasteiger partial charge in [0, 0.05) is 90.6 Å². The molecule has 4 amide bonds. The number of hydrogen-bond donors (Lipinski definition) is 5. The van der Waals surface area contributed by atoms with Crippen molar-refractivity contribution in [2.24, 2.45) is 10.8 Å². The Hall–Kier alpha value is -4.31.